The second kappa shape index (κ2) is 8.87. The summed E-state index contributed by atoms with van der Waals surface area (Å²) < 4.78 is 39.0. The number of sulfonamides is 1. The minimum Gasteiger partial charge on any atom is -0.495 e. The maximum Gasteiger partial charge on any atom is 0.262 e. The first-order valence-corrected chi connectivity index (χ1v) is 10.5. The Morgan fingerprint density at radius 1 is 0.833 bits per heavy atom. The van der Waals surface area contributed by atoms with Gasteiger partial charge in [-0.1, -0.05) is 30.3 Å². The Kier molecular flexibility index (Phi) is 6.27. The van der Waals surface area contributed by atoms with E-state index >= 15 is 0 Å². The van der Waals surface area contributed by atoms with Gasteiger partial charge in [-0.25, -0.2) is 8.42 Å². The highest BCUT2D eigenvalue weighted by molar-refractivity contribution is 7.92. The van der Waals surface area contributed by atoms with Crippen LogP contribution in [0.15, 0.2) is 71.6 Å². The molecule has 3 aromatic carbocycles. The van der Waals surface area contributed by atoms with E-state index in [4.69, 9.17) is 9.47 Å². The molecule has 1 amide bonds. The Morgan fingerprint density at radius 2 is 1.40 bits per heavy atom. The summed E-state index contributed by atoms with van der Waals surface area (Å²) in [6, 6.07) is 18.2. The summed E-state index contributed by atoms with van der Waals surface area (Å²) in [4.78, 5) is 12.7. The fourth-order valence-corrected chi connectivity index (χ4v) is 4.24. The number of aryl methyl sites for hydroxylation is 1. The highest BCUT2D eigenvalue weighted by Gasteiger charge is 2.21. The summed E-state index contributed by atoms with van der Waals surface area (Å²) in [7, 11) is -0.988. The van der Waals surface area contributed by atoms with Crippen LogP contribution in [0.4, 0.5) is 11.4 Å². The molecule has 0 unspecified atom stereocenters. The molecule has 3 rings (SSSR count). The number of para-hydroxylation sites is 4. The number of hydrogen-bond donors (Lipinski definition) is 2. The molecule has 0 bridgehead atoms. The SMILES string of the molecule is COc1ccccc1NC(=O)c1ccc(C)c(S(=O)(=O)Nc2ccccc2OC)c1. The van der Waals surface area contributed by atoms with Gasteiger partial charge in [0.2, 0.25) is 0 Å². The lowest BCUT2D eigenvalue weighted by Crippen LogP contribution is -2.17. The molecule has 30 heavy (non-hydrogen) atoms. The number of methoxy groups -OCH3 is 2. The average molecular weight is 426 g/mol. The lowest BCUT2D eigenvalue weighted by Gasteiger charge is -2.14. The Labute approximate surface area is 175 Å². The number of ether oxygens (including phenoxy) is 2. The molecule has 0 atom stereocenters. The van der Waals surface area contributed by atoms with Gasteiger partial charge in [0.05, 0.1) is 30.5 Å². The van der Waals surface area contributed by atoms with E-state index in [1.165, 1.54) is 20.3 Å². The van der Waals surface area contributed by atoms with Crippen molar-refractivity contribution in [2.24, 2.45) is 0 Å². The average Bonchev–Trinajstić information content (AvgIpc) is 2.74. The first-order valence-electron chi connectivity index (χ1n) is 9.06. The molecule has 2 N–H and O–H groups in total. The molecule has 0 spiro atoms. The second-order valence-corrected chi connectivity index (χ2v) is 8.09. The van der Waals surface area contributed by atoms with Crippen LogP contribution in [0.3, 0.4) is 0 Å². The van der Waals surface area contributed by atoms with E-state index in [-0.39, 0.29) is 10.5 Å². The van der Waals surface area contributed by atoms with Crippen LogP contribution >= 0.6 is 0 Å². The normalized spacial score (nSPS) is 10.9. The van der Waals surface area contributed by atoms with E-state index in [1.54, 1.807) is 67.6 Å². The summed E-state index contributed by atoms with van der Waals surface area (Å²) in [6.45, 7) is 1.67. The quantitative estimate of drug-likeness (QED) is 0.594. The van der Waals surface area contributed by atoms with Gasteiger partial charge in [-0.05, 0) is 48.9 Å². The third-order valence-corrected chi connectivity index (χ3v) is 5.95. The zero-order chi connectivity index (χ0) is 21.7. The van der Waals surface area contributed by atoms with Crippen molar-refractivity contribution >= 4 is 27.3 Å². The monoisotopic (exact) mass is 426 g/mol. The molecule has 0 aliphatic rings. The van der Waals surface area contributed by atoms with Crippen molar-refractivity contribution in [3.63, 3.8) is 0 Å². The van der Waals surface area contributed by atoms with Crippen molar-refractivity contribution in [2.45, 2.75) is 11.8 Å². The Balaban J connectivity index is 1.91. The predicted molar refractivity (Wildman–Crippen MR) is 116 cm³/mol. The number of amides is 1. The van der Waals surface area contributed by atoms with Crippen LogP contribution in [0.2, 0.25) is 0 Å². The van der Waals surface area contributed by atoms with Gasteiger partial charge in [0.25, 0.3) is 15.9 Å². The van der Waals surface area contributed by atoms with Crippen molar-refractivity contribution in [3.8, 4) is 11.5 Å². The lowest BCUT2D eigenvalue weighted by atomic mass is 10.1. The molecule has 0 saturated carbocycles. The van der Waals surface area contributed by atoms with E-state index in [2.05, 4.69) is 10.0 Å². The van der Waals surface area contributed by atoms with Crippen LogP contribution < -0.4 is 19.5 Å². The summed E-state index contributed by atoms with van der Waals surface area (Å²) >= 11 is 0. The van der Waals surface area contributed by atoms with Crippen molar-refractivity contribution in [1.29, 1.82) is 0 Å². The Bertz CT molecular complexity index is 1180. The van der Waals surface area contributed by atoms with Crippen molar-refractivity contribution in [1.82, 2.24) is 0 Å². The van der Waals surface area contributed by atoms with E-state index in [0.29, 0.717) is 28.4 Å². The van der Waals surface area contributed by atoms with Crippen LogP contribution in [-0.2, 0) is 10.0 Å². The summed E-state index contributed by atoms with van der Waals surface area (Å²) in [5.41, 5.74) is 1.50. The molecular weight excluding hydrogens is 404 g/mol. The molecule has 0 aliphatic carbocycles. The minimum absolute atomic E-state index is 0.00100. The number of carbonyl (C=O) groups excluding carboxylic acids is 1. The van der Waals surface area contributed by atoms with Crippen LogP contribution in [-0.4, -0.2) is 28.5 Å². The zero-order valence-electron chi connectivity index (χ0n) is 16.8. The first kappa shape index (κ1) is 21.2. The first-order chi connectivity index (χ1) is 14.4. The summed E-state index contributed by atoms with van der Waals surface area (Å²) in [5, 5.41) is 2.74. The van der Waals surface area contributed by atoms with Crippen LogP contribution in [0, 0.1) is 6.92 Å². The van der Waals surface area contributed by atoms with E-state index in [1.807, 2.05) is 0 Å². The zero-order valence-corrected chi connectivity index (χ0v) is 17.6. The van der Waals surface area contributed by atoms with E-state index in [0.717, 1.165) is 0 Å². The number of rotatable bonds is 7. The largest absolute Gasteiger partial charge is 0.495 e. The predicted octanol–water partition coefficient (Wildman–Crippen LogP) is 4.07. The maximum atomic E-state index is 13.0. The molecule has 0 radical (unpaired) electrons. The third-order valence-electron chi connectivity index (χ3n) is 4.45. The molecule has 0 aliphatic heterocycles. The van der Waals surface area contributed by atoms with E-state index < -0.39 is 15.9 Å². The molecule has 8 heteroatoms. The standard InChI is InChI=1S/C22H22N2O5S/c1-15-12-13-16(22(25)23-17-8-4-6-10-19(17)28-2)14-21(15)30(26,27)24-18-9-5-7-11-20(18)29-3/h4-14,24H,1-3H3,(H,23,25). The highest BCUT2D eigenvalue weighted by atomic mass is 32.2. The molecule has 0 aromatic heterocycles. The smallest absolute Gasteiger partial charge is 0.262 e. The van der Waals surface area contributed by atoms with Crippen molar-refractivity contribution < 1.29 is 22.7 Å². The number of hydrogen-bond acceptors (Lipinski definition) is 5. The lowest BCUT2D eigenvalue weighted by molar-refractivity contribution is 0.102. The molecule has 0 heterocycles. The van der Waals surface area contributed by atoms with Crippen LogP contribution in [0.1, 0.15) is 15.9 Å². The summed E-state index contributed by atoms with van der Waals surface area (Å²) in [5.74, 6) is 0.445. The number of anilines is 2. The third kappa shape index (κ3) is 4.55. The highest BCUT2D eigenvalue weighted by Crippen LogP contribution is 2.28. The molecule has 0 fully saturated rings. The minimum atomic E-state index is -3.95. The fraction of sp³-hybridized carbons (Fsp3) is 0.136. The number of nitrogens with one attached hydrogen (secondary N) is 2. The van der Waals surface area contributed by atoms with Gasteiger partial charge in [-0.3, -0.25) is 9.52 Å². The molecule has 3 aromatic rings. The van der Waals surface area contributed by atoms with Gasteiger partial charge in [-0.2, -0.15) is 0 Å². The molecular formula is C22H22N2O5S. The number of benzene rings is 3. The molecule has 7 nitrogen and oxygen atoms in total. The fourth-order valence-electron chi connectivity index (χ4n) is 2.90. The Morgan fingerprint density at radius 3 is 2.03 bits per heavy atom. The maximum absolute atomic E-state index is 13.0. The van der Waals surface area contributed by atoms with Crippen molar-refractivity contribution in [2.75, 3.05) is 24.3 Å². The molecule has 156 valence electrons. The van der Waals surface area contributed by atoms with E-state index in [9.17, 15) is 13.2 Å². The van der Waals surface area contributed by atoms with Crippen LogP contribution in [0.5, 0.6) is 11.5 Å². The van der Waals surface area contributed by atoms with Gasteiger partial charge in [-0.15, -0.1) is 0 Å². The van der Waals surface area contributed by atoms with Gasteiger partial charge in [0.15, 0.2) is 0 Å². The second-order valence-electron chi connectivity index (χ2n) is 6.44. The van der Waals surface area contributed by atoms with Gasteiger partial charge < -0.3 is 14.8 Å². The topological polar surface area (TPSA) is 93.7 Å². The number of carbonyl (C=O) groups is 1. The van der Waals surface area contributed by atoms with Crippen molar-refractivity contribution in [3.05, 3.63) is 77.9 Å². The Hall–Kier alpha value is -3.52. The molecule has 0 saturated heterocycles. The van der Waals surface area contributed by atoms with Gasteiger partial charge in [0.1, 0.15) is 11.5 Å². The van der Waals surface area contributed by atoms with Gasteiger partial charge in [0, 0.05) is 5.56 Å². The van der Waals surface area contributed by atoms with Crippen LogP contribution in [0.25, 0.3) is 0 Å². The summed E-state index contributed by atoms with van der Waals surface area (Å²) in [6.07, 6.45) is 0. The van der Waals surface area contributed by atoms with Gasteiger partial charge >= 0.3 is 0 Å².